The Morgan fingerprint density at radius 3 is 2.42 bits per heavy atom. The third-order valence-corrected chi connectivity index (χ3v) is 8.00. The van der Waals surface area contributed by atoms with Gasteiger partial charge in [0.15, 0.2) is 5.66 Å². The molecule has 8 heteroatoms. The van der Waals surface area contributed by atoms with E-state index in [9.17, 15) is 4.79 Å². The second-order valence-corrected chi connectivity index (χ2v) is 11.7. The smallest absolute Gasteiger partial charge is 0.234 e. The van der Waals surface area contributed by atoms with E-state index in [0.717, 1.165) is 48.8 Å². The van der Waals surface area contributed by atoms with Gasteiger partial charge in [-0.2, -0.15) is 0 Å². The fourth-order valence-electron chi connectivity index (χ4n) is 4.47. The molecular formula is C28H35ClN4O2S. The molecule has 0 saturated carbocycles. The minimum absolute atomic E-state index is 0.0817. The Morgan fingerprint density at radius 2 is 1.83 bits per heavy atom. The van der Waals surface area contributed by atoms with Gasteiger partial charge in [-0.15, -0.1) is 0 Å². The number of carbonyl (C=O) groups excluding carboxylic acids is 1. The van der Waals surface area contributed by atoms with Gasteiger partial charge in [0.2, 0.25) is 5.91 Å². The minimum Gasteiger partial charge on any atom is -0.495 e. The van der Waals surface area contributed by atoms with Crippen LogP contribution in [0.15, 0.2) is 52.4 Å². The molecule has 4 rings (SSSR count). The lowest BCUT2D eigenvalue weighted by molar-refractivity contribution is -0.113. The van der Waals surface area contributed by atoms with E-state index in [1.807, 2.05) is 0 Å². The third kappa shape index (κ3) is 6.13. The van der Waals surface area contributed by atoms with Crippen molar-refractivity contribution in [3.05, 3.63) is 58.6 Å². The fraction of sp³-hybridized carbons (Fsp3) is 0.464. The van der Waals surface area contributed by atoms with Gasteiger partial charge in [0, 0.05) is 37.2 Å². The number of methoxy groups -OCH3 is 1. The van der Waals surface area contributed by atoms with Gasteiger partial charge in [-0.1, -0.05) is 75.3 Å². The van der Waals surface area contributed by atoms with E-state index in [1.165, 1.54) is 17.3 Å². The Bertz CT molecular complexity index is 1160. The Kier molecular flexibility index (Phi) is 8.12. The fourth-order valence-corrected chi connectivity index (χ4v) is 5.60. The van der Waals surface area contributed by atoms with Crippen LogP contribution in [0.4, 0.5) is 5.69 Å². The first-order valence-corrected chi connectivity index (χ1v) is 13.8. The van der Waals surface area contributed by atoms with Crippen molar-refractivity contribution in [1.82, 2.24) is 4.90 Å². The van der Waals surface area contributed by atoms with E-state index in [2.05, 4.69) is 62.2 Å². The summed E-state index contributed by atoms with van der Waals surface area (Å²) in [6.07, 6.45) is 1.79. The van der Waals surface area contributed by atoms with E-state index >= 15 is 0 Å². The Hall–Kier alpha value is -2.35. The highest BCUT2D eigenvalue weighted by atomic mass is 35.5. The highest BCUT2D eigenvalue weighted by Crippen LogP contribution is 2.36. The molecule has 1 fully saturated rings. The third-order valence-electron chi connectivity index (χ3n) is 6.74. The molecule has 1 N–H and O–H groups in total. The number of amides is 1. The van der Waals surface area contributed by atoms with Crippen molar-refractivity contribution in [3.63, 3.8) is 0 Å². The van der Waals surface area contributed by atoms with Crippen molar-refractivity contribution in [2.45, 2.75) is 51.6 Å². The standard InChI is InChI=1S/C28H35ClN4O2S/c1-6-33-15-13-28(14-16-33)31-25(19-7-9-20(10-8-19)27(2,3)4)26(32-28)36-18-24(34)30-21-11-12-23(35-5)22(29)17-21/h7-12,17H,6,13-16,18H2,1-5H3,(H,30,34). The number of halogens is 1. The number of aliphatic imine (C=N–C) groups is 2. The van der Waals surface area contributed by atoms with Crippen molar-refractivity contribution in [2.24, 2.45) is 9.98 Å². The topological polar surface area (TPSA) is 66.3 Å². The lowest BCUT2D eigenvalue weighted by Crippen LogP contribution is -2.41. The molecule has 2 aromatic carbocycles. The number of anilines is 1. The van der Waals surface area contributed by atoms with E-state index in [0.29, 0.717) is 16.5 Å². The van der Waals surface area contributed by atoms with Gasteiger partial charge >= 0.3 is 0 Å². The molecule has 0 unspecified atom stereocenters. The van der Waals surface area contributed by atoms with Gasteiger partial charge in [0.25, 0.3) is 0 Å². The number of carbonyl (C=O) groups is 1. The molecule has 1 spiro atoms. The normalized spacial score (nSPS) is 17.6. The summed E-state index contributed by atoms with van der Waals surface area (Å²) in [4.78, 5) is 25.5. The first-order chi connectivity index (χ1) is 17.1. The van der Waals surface area contributed by atoms with E-state index in [-0.39, 0.29) is 17.1 Å². The molecule has 2 aliphatic heterocycles. The quantitative estimate of drug-likeness (QED) is 0.499. The maximum absolute atomic E-state index is 12.8. The summed E-state index contributed by atoms with van der Waals surface area (Å²) < 4.78 is 5.19. The van der Waals surface area contributed by atoms with Gasteiger partial charge < -0.3 is 15.0 Å². The number of thioether (sulfide) groups is 1. The summed E-state index contributed by atoms with van der Waals surface area (Å²) in [6, 6.07) is 13.8. The monoisotopic (exact) mass is 526 g/mol. The molecule has 36 heavy (non-hydrogen) atoms. The predicted octanol–water partition coefficient (Wildman–Crippen LogP) is 6.03. The Balaban J connectivity index is 1.51. The zero-order valence-electron chi connectivity index (χ0n) is 21.7. The average molecular weight is 527 g/mol. The van der Waals surface area contributed by atoms with Crippen LogP contribution in [-0.4, -0.2) is 59.7 Å². The van der Waals surface area contributed by atoms with Gasteiger partial charge in [-0.3, -0.25) is 9.79 Å². The predicted molar refractivity (Wildman–Crippen MR) is 152 cm³/mol. The summed E-state index contributed by atoms with van der Waals surface area (Å²) in [5.74, 6) is 0.689. The number of nitrogens with zero attached hydrogens (tertiary/aromatic N) is 3. The number of nitrogens with one attached hydrogen (secondary N) is 1. The van der Waals surface area contributed by atoms with Crippen molar-refractivity contribution >= 4 is 45.7 Å². The summed E-state index contributed by atoms with van der Waals surface area (Å²) in [6.45, 7) is 11.8. The molecule has 2 aliphatic rings. The number of ether oxygens (including phenoxy) is 1. The zero-order valence-corrected chi connectivity index (χ0v) is 23.3. The molecule has 6 nitrogen and oxygen atoms in total. The summed E-state index contributed by atoms with van der Waals surface area (Å²) in [5.41, 5.74) is 3.51. The highest BCUT2D eigenvalue weighted by Gasteiger charge is 2.39. The van der Waals surface area contributed by atoms with E-state index < -0.39 is 5.66 Å². The molecule has 1 amide bonds. The molecule has 0 atom stereocenters. The highest BCUT2D eigenvalue weighted by molar-refractivity contribution is 8.16. The van der Waals surface area contributed by atoms with Crippen LogP contribution in [0.2, 0.25) is 5.02 Å². The Morgan fingerprint density at radius 1 is 1.14 bits per heavy atom. The summed E-state index contributed by atoms with van der Waals surface area (Å²) in [7, 11) is 1.56. The molecule has 192 valence electrons. The van der Waals surface area contributed by atoms with E-state index in [1.54, 1.807) is 25.3 Å². The number of likely N-dealkylation sites (tertiary alicyclic amines) is 1. The van der Waals surface area contributed by atoms with E-state index in [4.69, 9.17) is 26.3 Å². The maximum Gasteiger partial charge on any atom is 0.234 e. The van der Waals surface area contributed by atoms with Crippen molar-refractivity contribution in [1.29, 1.82) is 0 Å². The number of hydrogen-bond acceptors (Lipinski definition) is 6. The number of rotatable bonds is 6. The summed E-state index contributed by atoms with van der Waals surface area (Å²) >= 11 is 7.65. The minimum atomic E-state index is -0.425. The first-order valence-electron chi connectivity index (χ1n) is 12.4. The van der Waals surface area contributed by atoms with Crippen LogP contribution in [-0.2, 0) is 10.2 Å². The van der Waals surface area contributed by atoms with Crippen LogP contribution in [0.5, 0.6) is 5.75 Å². The lowest BCUT2D eigenvalue weighted by atomic mass is 9.86. The molecule has 0 aromatic heterocycles. The Labute approximate surface area is 223 Å². The molecular weight excluding hydrogens is 492 g/mol. The van der Waals surface area contributed by atoms with Crippen LogP contribution >= 0.6 is 23.4 Å². The van der Waals surface area contributed by atoms with Crippen molar-refractivity contribution < 1.29 is 9.53 Å². The van der Waals surface area contributed by atoms with Gasteiger partial charge in [-0.25, -0.2) is 4.99 Å². The van der Waals surface area contributed by atoms with Crippen LogP contribution in [0.3, 0.4) is 0 Å². The number of hydrogen-bond donors (Lipinski definition) is 1. The molecule has 0 aliphatic carbocycles. The number of piperidine rings is 1. The maximum atomic E-state index is 12.8. The van der Waals surface area contributed by atoms with Gasteiger partial charge in [0.1, 0.15) is 10.8 Å². The average Bonchev–Trinajstić information content (AvgIpc) is 3.21. The molecule has 2 heterocycles. The summed E-state index contributed by atoms with van der Waals surface area (Å²) in [5, 5.41) is 4.21. The molecule has 0 radical (unpaired) electrons. The van der Waals surface area contributed by atoms with Crippen molar-refractivity contribution in [3.8, 4) is 5.75 Å². The van der Waals surface area contributed by atoms with Crippen LogP contribution < -0.4 is 10.1 Å². The van der Waals surface area contributed by atoms with Gasteiger partial charge in [-0.05, 0) is 35.7 Å². The second kappa shape index (κ2) is 11.0. The van der Waals surface area contributed by atoms with Crippen LogP contribution in [0.25, 0.3) is 0 Å². The van der Waals surface area contributed by atoms with Crippen LogP contribution in [0, 0.1) is 0 Å². The van der Waals surface area contributed by atoms with Gasteiger partial charge in [0.05, 0.1) is 23.6 Å². The lowest BCUT2D eigenvalue weighted by Gasteiger charge is -2.34. The molecule has 0 bridgehead atoms. The molecule has 1 saturated heterocycles. The largest absolute Gasteiger partial charge is 0.495 e. The zero-order chi connectivity index (χ0) is 25.9. The van der Waals surface area contributed by atoms with Crippen molar-refractivity contribution in [2.75, 3.05) is 37.8 Å². The second-order valence-electron chi connectivity index (χ2n) is 10.3. The number of benzene rings is 2. The molecule has 2 aromatic rings. The SMILES string of the molecule is CCN1CCC2(CC1)N=C(SCC(=O)Nc1ccc(OC)c(Cl)c1)C(c1ccc(C(C)(C)C)cc1)=N2. The first kappa shape index (κ1) is 26.7. The van der Waals surface area contributed by atoms with Crippen LogP contribution in [0.1, 0.15) is 51.7 Å².